The van der Waals surface area contributed by atoms with E-state index >= 15 is 0 Å². The van der Waals surface area contributed by atoms with Gasteiger partial charge in [-0.25, -0.2) is 0 Å². The Bertz CT molecular complexity index is 833. The molecular formula is C15H16F3N5S. The van der Waals surface area contributed by atoms with Crippen molar-refractivity contribution in [2.75, 3.05) is 5.32 Å². The lowest BCUT2D eigenvalue weighted by atomic mass is 9.86. The topological polar surface area (TPSA) is 55.1 Å². The third-order valence-electron chi connectivity index (χ3n) is 3.50. The number of anilines is 1. The van der Waals surface area contributed by atoms with Crippen LogP contribution in [0.2, 0.25) is 0 Å². The predicted octanol–water partition coefficient (Wildman–Crippen LogP) is 4.40. The molecule has 0 bridgehead atoms. The van der Waals surface area contributed by atoms with Gasteiger partial charge in [0.25, 0.3) is 5.82 Å². The largest absolute Gasteiger partial charge is 0.453 e. The maximum atomic E-state index is 13.0. The summed E-state index contributed by atoms with van der Waals surface area (Å²) >= 11 is 1.59. The maximum absolute atomic E-state index is 13.0. The molecule has 0 radical (unpaired) electrons. The van der Waals surface area contributed by atoms with E-state index in [1.54, 1.807) is 17.4 Å². The molecule has 9 heteroatoms. The van der Waals surface area contributed by atoms with E-state index in [2.05, 4.69) is 41.4 Å². The van der Waals surface area contributed by atoms with Crippen LogP contribution in [-0.2, 0) is 6.18 Å². The third kappa shape index (κ3) is 3.21. The molecular weight excluding hydrogens is 339 g/mol. The molecule has 3 aromatic heterocycles. The summed E-state index contributed by atoms with van der Waals surface area (Å²) in [4.78, 5) is 1.09. The molecule has 128 valence electrons. The van der Waals surface area contributed by atoms with Gasteiger partial charge in [-0.15, -0.1) is 26.6 Å². The molecule has 5 nitrogen and oxygen atoms in total. The fourth-order valence-corrected chi connectivity index (χ4v) is 3.38. The first kappa shape index (κ1) is 16.7. The molecule has 1 atom stereocenters. The summed E-state index contributed by atoms with van der Waals surface area (Å²) < 4.78 is 39.6. The Balaban J connectivity index is 2.00. The van der Waals surface area contributed by atoms with Crippen LogP contribution in [0.5, 0.6) is 0 Å². The smallest absolute Gasteiger partial charge is 0.360 e. The van der Waals surface area contributed by atoms with Crippen LogP contribution in [0.15, 0.2) is 29.6 Å². The Morgan fingerprint density at radius 2 is 1.88 bits per heavy atom. The van der Waals surface area contributed by atoms with Gasteiger partial charge < -0.3 is 5.32 Å². The number of aromatic nitrogens is 4. The van der Waals surface area contributed by atoms with Gasteiger partial charge in [0, 0.05) is 4.88 Å². The minimum atomic E-state index is -4.61. The summed E-state index contributed by atoms with van der Waals surface area (Å²) in [6.07, 6.45) is -4.61. The molecule has 0 saturated carbocycles. The highest BCUT2D eigenvalue weighted by molar-refractivity contribution is 7.10. The molecule has 1 unspecified atom stereocenters. The Morgan fingerprint density at radius 1 is 1.12 bits per heavy atom. The predicted molar refractivity (Wildman–Crippen MR) is 85.9 cm³/mol. The first-order chi connectivity index (χ1) is 11.2. The van der Waals surface area contributed by atoms with E-state index in [9.17, 15) is 13.2 Å². The second kappa shape index (κ2) is 5.73. The molecule has 3 aromatic rings. The average molecular weight is 355 g/mol. The Hall–Kier alpha value is -2.16. The molecule has 0 amide bonds. The third-order valence-corrected chi connectivity index (χ3v) is 4.44. The Morgan fingerprint density at radius 3 is 2.46 bits per heavy atom. The number of thiophene rings is 1. The van der Waals surface area contributed by atoms with Crippen molar-refractivity contribution in [1.82, 2.24) is 19.8 Å². The zero-order valence-corrected chi connectivity index (χ0v) is 14.1. The number of halogens is 3. The van der Waals surface area contributed by atoms with E-state index in [0.29, 0.717) is 5.82 Å². The van der Waals surface area contributed by atoms with Gasteiger partial charge >= 0.3 is 6.18 Å². The van der Waals surface area contributed by atoms with E-state index in [1.807, 2.05) is 17.5 Å². The van der Waals surface area contributed by atoms with E-state index in [-0.39, 0.29) is 17.1 Å². The summed E-state index contributed by atoms with van der Waals surface area (Å²) in [6, 6.07) is 6.92. The van der Waals surface area contributed by atoms with Gasteiger partial charge in [0.2, 0.25) is 0 Å². The molecule has 0 saturated heterocycles. The van der Waals surface area contributed by atoms with Crippen LogP contribution in [0.3, 0.4) is 0 Å². The van der Waals surface area contributed by atoms with E-state index < -0.39 is 12.0 Å². The first-order valence-electron chi connectivity index (χ1n) is 7.26. The van der Waals surface area contributed by atoms with Gasteiger partial charge in [0.1, 0.15) is 5.82 Å². The second-order valence-corrected chi connectivity index (χ2v) is 7.45. The van der Waals surface area contributed by atoms with E-state index in [4.69, 9.17) is 0 Å². The normalized spacial score (nSPS) is 14.1. The lowest BCUT2D eigenvalue weighted by molar-refractivity contribution is -0.146. The van der Waals surface area contributed by atoms with Gasteiger partial charge in [-0.05, 0) is 29.0 Å². The number of nitrogens with zero attached hydrogens (tertiary/aromatic N) is 4. The second-order valence-electron chi connectivity index (χ2n) is 6.47. The average Bonchev–Trinajstić information content (AvgIpc) is 3.11. The number of nitrogens with one attached hydrogen (secondary N) is 1. The van der Waals surface area contributed by atoms with Crippen LogP contribution < -0.4 is 5.32 Å². The van der Waals surface area contributed by atoms with Gasteiger partial charge in [0.05, 0.1) is 6.04 Å². The van der Waals surface area contributed by atoms with Crippen molar-refractivity contribution in [3.05, 3.63) is 40.3 Å². The zero-order chi connectivity index (χ0) is 17.5. The fraction of sp³-hybridized carbons (Fsp3) is 0.400. The molecule has 0 aliphatic rings. The number of rotatable bonds is 3. The zero-order valence-electron chi connectivity index (χ0n) is 13.3. The quantitative estimate of drug-likeness (QED) is 0.756. The van der Waals surface area contributed by atoms with Gasteiger partial charge in [-0.2, -0.15) is 17.7 Å². The molecule has 0 spiro atoms. The minimum Gasteiger partial charge on any atom is -0.360 e. The maximum Gasteiger partial charge on any atom is 0.453 e. The molecule has 1 N–H and O–H groups in total. The summed E-state index contributed by atoms with van der Waals surface area (Å²) in [5.41, 5.74) is -0.0991. The molecule has 3 rings (SSSR count). The molecule has 0 fully saturated rings. The standard InChI is InChI=1S/C15H16F3N5S/c1-14(2,3)12(9-5-4-8-24-9)19-10-6-7-11-20-21-13(15(16,17)18)23(11)22-10/h4-8,12H,1-3H3,(H,19,22). The number of hydrogen-bond acceptors (Lipinski definition) is 5. The summed E-state index contributed by atoms with van der Waals surface area (Å²) in [6.45, 7) is 6.18. The highest BCUT2D eigenvalue weighted by atomic mass is 32.1. The molecule has 3 heterocycles. The summed E-state index contributed by atoms with van der Waals surface area (Å²) in [5.74, 6) is -0.800. The lowest BCUT2D eigenvalue weighted by Gasteiger charge is -2.31. The van der Waals surface area contributed by atoms with Crippen LogP contribution in [0.1, 0.15) is 37.5 Å². The minimum absolute atomic E-state index is 0.0521. The van der Waals surface area contributed by atoms with Crippen molar-refractivity contribution < 1.29 is 13.2 Å². The molecule has 0 aliphatic heterocycles. The van der Waals surface area contributed by atoms with Crippen molar-refractivity contribution >= 4 is 22.8 Å². The van der Waals surface area contributed by atoms with Crippen molar-refractivity contribution in [2.24, 2.45) is 5.41 Å². The van der Waals surface area contributed by atoms with Crippen molar-refractivity contribution in [2.45, 2.75) is 33.0 Å². The monoisotopic (exact) mass is 355 g/mol. The van der Waals surface area contributed by atoms with E-state index in [1.165, 1.54) is 6.07 Å². The summed E-state index contributed by atoms with van der Waals surface area (Å²) in [5, 5.41) is 15.9. The fourth-order valence-electron chi connectivity index (χ4n) is 2.36. The highest BCUT2D eigenvalue weighted by Crippen LogP contribution is 2.37. The van der Waals surface area contributed by atoms with Gasteiger partial charge in [0.15, 0.2) is 5.65 Å². The Labute approximate surface area is 140 Å². The van der Waals surface area contributed by atoms with E-state index in [0.717, 1.165) is 9.39 Å². The van der Waals surface area contributed by atoms with Crippen LogP contribution >= 0.6 is 11.3 Å². The summed E-state index contributed by atoms with van der Waals surface area (Å²) in [7, 11) is 0. The SMILES string of the molecule is CC(C)(C)C(Nc1ccc2nnc(C(F)(F)F)n2n1)c1cccs1. The van der Waals surface area contributed by atoms with Crippen molar-refractivity contribution in [3.8, 4) is 0 Å². The van der Waals surface area contributed by atoms with Crippen molar-refractivity contribution in [3.63, 3.8) is 0 Å². The molecule has 0 aliphatic carbocycles. The number of alkyl halides is 3. The van der Waals surface area contributed by atoms with Gasteiger partial charge in [-0.1, -0.05) is 26.8 Å². The van der Waals surface area contributed by atoms with Crippen molar-refractivity contribution in [1.29, 1.82) is 0 Å². The molecule has 24 heavy (non-hydrogen) atoms. The number of hydrogen-bond donors (Lipinski definition) is 1. The Kier molecular flexibility index (Phi) is 3.98. The molecule has 0 aromatic carbocycles. The first-order valence-corrected chi connectivity index (χ1v) is 8.14. The number of fused-ring (bicyclic) bond motifs is 1. The van der Waals surface area contributed by atoms with Gasteiger partial charge in [-0.3, -0.25) is 0 Å². The van der Waals surface area contributed by atoms with Crippen LogP contribution in [0.25, 0.3) is 5.65 Å². The highest BCUT2D eigenvalue weighted by Gasteiger charge is 2.38. The lowest BCUT2D eigenvalue weighted by Crippen LogP contribution is -2.25. The van der Waals surface area contributed by atoms with Crippen LogP contribution in [0.4, 0.5) is 19.0 Å². The van der Waals surface area contributed by atoms with Crippen LogP contribution in [0, 0.1) is 5.41 Å². The van der Waals surface area contributed by atoms with Crippen LogP contribution in [-0.4, -0.2) is 19.8 Å².